The van der Waals surface area contributed by atoms with Crippen molar-refractivity contribution in [2.75, 3.05) is 19.0 Å². The zero-order chi connectivity index (χ0) is 13.2. The summed E-state index contributed by atoms with van der Waals surface area (Å²) in [6.07, 6.45) is 0.915. The molecule has 0 bridgehead atoms. The van der Waals surface area contributed by atoms with Crippen LogP contribution in [0.15, 0.2) is 33.6 Å². The smallest absolute Gasteiger partial charge is 0.285 e. The van der Waals surface area contributed by atoms with E-state index in [0.29, 0.717) is 23.8 Å². The summed E-state index contributed by atoms with van der Waals surface area (Å²) < 4.78 is 27.7. The van der Waals surface area contributed by atoms with Gasteiger partial charge in [0.2, 0.25) is 0 Å². The van der Waals surface area contributed by atoms with Crippen molar-refractivity contribution >= 4 is 27.5 Å². The number of hydrogen-bond donors (Lipinski definition) is 0. The Morgan fingerprint density at radius 2 is 2.00 bits per heavy atom. The van der Waals surface area contributed by atoms with Gasteiger partial charge in [-0.25, -0.2) is 0 Å². The Morgan fingerprint density at radius 1 is 1.28 bits per heavy atom. The monoisotopic (exact) mass is 286 g/mol. The number of rotatable bonds is 4. The van der Waals surface area contributed by atoms with Crippen molar-refractivity contribution in [1.29, 1.82) is 0 Å². The Labute approximate surface area is 112 Å². The minimum Gasteiger partial charge on any atom is -0.354 e. The molecule has 18 heavy (non-hydrogen) atoms. The normalized spacial score (nSPS) is 16.2. The summed E-state index contributed by atoms with van der Waals surface area (Å²) in [5.41, 5.74) is 0.677. The molecule has 0 saturated heterocycles. The van der Waals surface area contributed by atoms with E-state index >= 15 is 0 Å². The minimum atomic E-state index is -3.53. The van der Waals surface area contributed by atoms with Gasteiger partial charge in [-0.3, -0.25) is 0 Å². The largest absolute Gasteiger partial charge is 0.354 e. The predicted molar refractivity (Wildman–Crippen MR) is 72.7 cm³/mol. The van der Waals surface area contributed by atoms with Gasteiger partial charge in [-0.1, -0.05) is 19.1 Å². The van der Waals surface area contributed by atoms with E-state index in [-0.39, 0.29) is 4.90 Å². The third kappa shape index (κ3) is 2.37. The fourth-order valence-electron chi connectivity index (χ4n) is 2.01. The maximum Gasteiger partial charge on any atom is 0.285 e. The second-order valence-electron chi connectivity index (χ2n) is 4.06. The van der Waals surface area contributed by atoms with E-state index in [0.717, 1.165) is 13.0 Å². The van der Waals surface area contributed by atoms with E-state index in [1.165, 1.54) is 0 Å². The Morgan fingerprint density at radius 3 is 2.67 bits per heavy atom. The first-order chi connectivity index (χ1) is 8.60. The molecule has 1 aromatic carbocycles. The van der Waals surface area contributed by atoms with Crippen LogP contribution in [0, 0.1) is 0 Å². The Kier molecular flexibility index (Phi) is 3.92. The van der Waals surface area contributed by atoms with E-state index in [4.69, 9.17) is 11.6 Å². The highest BCUT2D eigenvalue weighted by atomic mass is 35.5. The lowest BCUT2D eigenvalue weighted by molar-refractivity contribution is 0.443. The van der Waals surface area contributed by atoms with Crippen molar-refractivity contribution in [2.45, 2.75) is 18.2 Å². The fraction of sp³-hybridized carbons (Fsp3) is 0.417. The molecular formula is C12H15ClN2O2S. The summed E-state index contributed by atoms with van der Waals surface area (Å²) in [5.74, 6) is 0.967. The molecule has 1 aliphatic heterocycles. The Hall–Kier alpha value is -1.07. The van der Waals surface area contributed by atoms with Crippen molar-refractivity contribution < 1.29 is 8.42 Å². The van der Waals surface area contributed by atoms with Crippen LogP contribution >= 0.6 is 11.6 Å². The summed E-state index contributed by atoms with van der Waals surface area (Å²) in [6.45, 7) is 3.38. The average molecular weight is 287 g/mol. The molecule has 0 aromatic heterocycles. The van der Waals surface area contributed by atoms with E-state index in [1.54, 1.807) is 18.2 Å². The number of hydrogen-bond acceptors (Lipinski definition) is 3. The van der Waals surface area contributed by atoms with Crippen LogP contribution in [0.25, 0.3) is 0 Å². The predicted octanol–water partition coefficient (Wildman–Crippen LogP) is 2.09. The number of amidine groups is 1. The Bertz CT molecular complexity index is 563. The highest BCUT2D eigenvalue weighted by Crippen LogP contribution is 2.27. The second kappa shape index (κ2) is 5.28. The van der Waals surface area contributed by atoms with Gasteiger partial charge >= 0.3 is 0 Å². The van der Waals surface area contributed by atoms with Crippen molar-refractivity contribution in [3.8, 4) is 0 Å². The highest BCUT2D eigenvalue weighted by molar-refractivity contribution is 7.90. The molecule has 0 aliphatic carbocycles. The molecule has 0 fully saturated rings. The zero-order valence-electron chi connectivity index (χ0n) is 10.1. The second-order valence-corrected chi connectivity index (χ2v) is 6.01. The molecule has 0 radical (unpaired) electrons. The molecule has 0 N–H and O–H groups in total. The molecule has 1 aliphatic rings. The van der Waals surface area contributed by atoms with Gasteiger partial charge in [-0.2, -0.15) is 8.42 Å². The molecule has 0 spiro atoms. The Balaban J connectivity index is 2.46. The van der Waals surface area contributed by atoms with Gasteiger partial charge < -0.3 is 4.90 Å². The van der Waals surface area contributed by atoms with Gasteiger partial charge in [0.15, 0.2) is 5.84 Å². The standard InChI is InChI=1S/C12H15ClN2O2S/c1-2-8-15(9-7-13)12-10-5-3-4-6-11(10)18(16,17)14-12/h3-6H,2,7-9H2,1H3. The summed E-state index contributed by atoms with van der Waals surface area (Å²) in [5, 5.41) is 0. The first-order valence-corrected chi connectivity index (χ1v) is 7.83. The van der Waals surface area contributed by atoms with Gasteiger partial charge in [0, 0.05) is 24.5 Å². The van der Waals surface area contributed by atoms with Crippen molar-refractivity contribution in [1.82, 2.24) is 4.90 Å². The van der Waals surface area contributed by atoms with Gasteiger partial charge in [0.25, 0.3) is 10.0 Å². The lowest BCUT2D eigenvalue weighted by atomic mass is 10.2. The molecule has 98 valence electrons. The molecule has 6 heteroatoms. The lowest BCUT2D eigenvalue weighted by Crippen LogP contribution is -2.33. The van der Waals surface area contributed by atoms with Crippen molar-refractivity contribution in [2.24, 2.45) is 4.40 Å². The van der Waals surface area contributed by atoms with Crippen molar-refractivity contribution in [3.63, 3.8) is 0 Å². The van der Waals surface area contributed by atoms with Gasteiger partial charge in [0.1, 0.15) is 4.90 Å². The summed E-state index contributed by atoms with van der Waals surface area (Å²) in [7, 11) is -3.53. The number of halogens is 1. The summed E-state index contributed by atoms with van der Waals surface area (Å²) >= 11 is 5.76. The van der Waals surface area contributed by atoms with Crippen molar-refractivity contribution in [3.05, 3.63) is 29.8 Å². The molecule has 2 rings (SSSR count). The van der Waals surface area contributed by atoms with E-state index < -0.39 is 10.0 Å². The molecule has 0 saturated carbocycles. The maximum absolute atomic E-state index is 11.9. The van der Waals surface area contributed by atoms with Crippen LogP contribution in [0.3, 0.4) is 0 Å². The van der Waals surface area contributed by atoms with Crippen LogP contribution < -0.4 is 0 Å². The average Bonchev–Trinajstić information content (AvgIpc) is 2.62. The molecule has 0 amide bonds. The number of fused-ring (bicyclic) bond motifs is 1. The quantitative estimate of drug-likeness (QED) is 0.797. The number of sulfonamides is 1. The zero-order valence-corrected chi connectivity index (χ0v) is 11.7. The fourth-order valence-corrected chi connectivity index (χ4v) is 3.44. The van der Waals surface area contributed by atoms with Crippen LogP contribution in [0.2, 0.25) is 0 Å². The van der Waals surface area contributed by atoms with Gasteiger partial charge in [-0.15, -0.1) is 16.0 Å². The highest BCUT2D eigenvalue weighted by Gasteiger charge is 2.30. The third-order valence-corrected chi connectivity index (χ3v) is 4.25. The third-order valence-electron chi connectivity index (χ3n) is 2.76. The summed E-state index contributed by atoms with van der Waals surface area (Å²) in [4.78, 5) is 2.21. The van der Waals surface area contributed by atoms with Crippen LogP contribution in [0.5, 0.6) is 0 Å². The van der Waals surface area contributed by atoms with Crippen LogP contribution in [-0.2, 0) is 10.0 Å². The molecule has 1 heterocycles. The van der Waals surface area contributed by atoms with Crippen LogP contribution in [0.4, 0.5) is 0 Å². The van der Waals surface area contributed by atoms with Gasteiger partial charge in [-0.05, 0) is 18.6 Å². The van der Waals surface area contributed by atoms with Gasteiger partial charge in [0.05, 0.1) is 0 Å². The number of benzene rings is 1. The molecule has 4 nitrogen and oxygen atoms in total. The lowest BCUT2D eigenvalue weighted by Gasteiger charge is -2.22. The summed E-state index contributed by atoms with van der Waals surface area (Å²) in [6, 6.07) is 6.90. The molecule has 0 unspecified atom stereocenters. The van der Waals surface area contributed by atoms with E-state index in [2.05, 4.69) is 4.40 Å². The van der Waals surface area contributed by atoms with E-state index in [1.807, 2.05) is 17.9 Å². The SMILES string of the molecule is CCCN(CCCl)C1=NS(=O)(=O)c2ccccc21. The first-order valence-electron chi connectivity index (χ1n) is 5.85. The number of nitrogens with zero attached hydrogens (tertiary/aromatic N) is 2. The molecule has 1 aromatic rings. The maximum atomic E-state index is 11.9. The minimum absolute atomic E-state index is 0.288. The number of alkyl halides is 1. The first kappa shape index (κ1) is 13.4. The van der Waals surface area contributed by atoms with Crippen LogP contribution in [0.1, 0.15) is 18.9 Å². The van der Waals surface area contributed by atoms with Crippen LogP contribution in [-0.4, -0.2) is 38.1 Å². The topological polar surface area (TPSA) is 49.7 Å². The molecular weight excluding hydrogens is 272 g/mol. The van der Waals surface area contributed by atoms with E-state index in [9.17, 15) is 8.42 Å². The molecule has 0 atom stereocenters.